The number of amides is 1. The van der Waals surface area contributed by atoms with Crippen LogP contribution >= 0.6 is 11.3 Å². The Labute approximate surface area is 141 Å². The number of carbonyl (C=O) groups is 1. The highest BCUT2D eigenvalue weighted by Crippen LogP contribution is 2.22. The van der Waals surface area contributed by atoms with Gasteiger partial charge in [0, 0.05) is 36.8 Å². The lowest BCUT2D eigenvalue weighted by molar-refractivity contribution is 0.0913. The van der Waals surface area contributed by atoms with Gasteiger partial charge in [-0.05, 0) is 18.6 Å². The summed E-state index contributed by atoms with van der Waals surface area (Å²) < 4.78 is 5.58. The van der Waals surface area contributed by atoms with Crippen molar-refractivity contribution in [3.8, 4) is 0 Å². The van der Waals surface area contributed by atoms with E-state index in [4.69, 9.17) is 4.42 Å². The van der Waals surface area contributed by atoms with Crippen LogP contribution in [0.25, 0.3) is 11.0 Å². The van der Waals surface area contributed by atoms with E-state index in [1.54, 1.807) is 41.8 Å². The number of hydrogen-bond donors (Lipinski definition) is 1. The summed E-state index contributed by atoms with van der Waals surface area (Å²) in [5.74, 6) is -0.310. The van der Waals surface area contributed by atoms with Gasteiger partial charge < -0.3 is 14.6 Å². The molecule has 24 heavy (non-hydrogen) atoms. The maximum atomic E-state index is 12.4. The van der Waals surface area contributed by atoms with Crippen LogP contribution in [-0.4, -0.2) is 30.0 Å². The Morgan fingerprint density at radius 3 is 3.08 bits per heavy atom. The van der Waals surface area contributed by atoms with Gasteiger partial charge in [-0.1, -0.05) is 12.1 Å². The highest BCUT2D eigenvalue weighted by molar-refractivity contribution is 7.13. The van der Waals surface area contributed by atoms with Crippen molar-refractivity contribution in [1.82, 2.24) is 10.3 Å². The zero-order valence-corrected chi connectivity index (χ0v) is 13.6. The second-order valence-corrected chi connectivity index (χ2v) is 6.56. The molecule has 4 rings (SSSR count). The first-order chi connectivity index (χ1) is 11.7. The van der Waals surface area contributed by atoms with E-state index in [1.165, 1.54) is 6.07 Å². The van der Waals surface area contributed by atoms with Crippen molar-refractivity contribution in [1.29, 1.82) is 0 Å². The van der Waals surface area contributed by atoms with Gasteiger partial charge in [-0.25, -0.2) is 4.98 Å². The second-order valence-electron chi connectivity index (χ2n) is 5.69. The summed E-state index contributed by atoms with van der Waals surface area (Å²) in [4.78, 5) is 30.9. The first-order valence-electron chi connectivity index (χ1n) is 7.69. The maximum Gasteiger partial charge on any atom is 0.287 e. The molecular formula is C17H15N3O3S. The molecule has 3 aromatic rings. The first-order valence-corrected chi connectivity index (χ1v) is 8.57. The maximum absolute atomic E-state index is 12.4. The first kappa shape index (κ1) is 14.9. The number of rotatable bonds is 3. The molecule has 122 valence electrons. The molecule has 1 saturated heterocycles. The van der Waals surface area contributed by atoms with Crippen molar-refractivity contribution in [2.75, 3.05) is 18.0 Å². The average molecular weight is 341 g/mol. The van der Waals surface area contributed by atoms with E-state index in [9.17, 15) is 9.59 Å². The predicted octanol–water partition coefficient (Wildman–Crippen LogP) is 2.26. The molecule has 1 atom stereocenters. The van der Waals surface area contributed by atoms with E-state index >= 15 is 0 Å². The van der Waals surface area contributed by atoms with Crippen LogP contribution in [0.15, 0.2) is 51.1 Å². The van der Waals surface area contributed by atoms with Gasteiger partial charge in [0.15, 0.2) is 16.3 Å². The van der Waals surface area contributed by atoms with Crippen molar-refractivity contribution < 1.29 is 9.21 Å². The largest absolute Gasteiger partial charge is 0.451 e. The van der Waals surface area contributed by atoms with Gasteiger partial charge in [-0.15, -0.1) is 11.3 Å². The lowest BCUT2D eigenvalue weighted by Gasteiger charge is -2.15. The standard InChI is InChI=1S/C17H15N3O3S/c21-13-9-15(23-14-4-2-1-3-12(13)14)16(22)19-11-5-7-20(10-11)17-18-6-8-24-17/h1-4,6,8-9,11H,5,7,10H2,(H,19,22). The number of anilines is 1. The molecule has 0 spiro atoms. The van der Waals surface area contributed by atoms with Crippen LogP contribution in [0.4, 0.5) is 5.13 Å². The fraction of sp³-hybridized carbons (Fsp3) is 0.235. The number of hydrogen-bond acceptors (Lipinski definition) is 6. The van der Waals surface area contributed by atoms with Crippen LogP contribution in [0.2, 0.25) is 0 Å². The van der Waals surface area contributed by atoms with E-state index in [0.29, 0.717) is 17.5 Å². The zero-order chi connectivity index (χ0) is 16.5. The van der Waals surface area contributed by atoms with Crippen molar-refractivity contribution in [3.05, 3.63) is 57.9 Å². The summed E-state index contributed by atoms with van der Waals surface area (Å²) in [6.45, 7) is 1.55. The third-order valence-corrected chi connectivity index (χ3v) is 4.90. The van der Waals surface area contributed by atoms with E-state index in [-0.39, 0.29) is 23.1 Å². The Hall–Kier alpha value is -2.67. The van der Waals surface area contributed by atoms with Crippen LogP contribution in [0.1, 0.15) is 17.0 Å². The fourth-order valence-corrected chi connectivity index (χ4v) is 3.58. The molecule has 1 amide bonds. The van der Waals surface area contributed by atoms with Crippen molar-refractivity contribution in [3.63, 3.8) is 0 Å². The van der Waals surface area contributed by atoms with Crippen LogP contribution < -0.4 is 15.6 Å². The molecule has 1 aliphatic heterocycles. The second kappa shape index (κ2) is 6.09. The Morgan fingerprint density at radius 2 is 2.25 bits per heavy atom. The summed E-state index contributed by atoms with van der Waals surface area (Å²) in [5.41, 5.74) is 0.212. The number of carbonyl (C=O) groups excluding carboxylic acids is 1. The number of nitrogens with zero attached hydrogens (tertiary/aromatic N) is 2. The summed E-state index contributed by atoms with van der Waals surface area (Å²) in [5, 5.41) is 6.32. The highest BCUT2D eigenvalue weighted by atomic mass is 32.1. The SMILES string of the molecule is O=C(NC1CCN(c2nccs2)C1)c1cc(=O)c2ccccc2o1. The minimum atomic E-state index is -0.358. The number of aromatic nitrogens is 1. The van der Waals surface area contributed by atoms with Crippen molar-refractivity contribution >= 4 is 33.3 Å². The lowest BCUT2D eigenvalue weighted by atomic mass is 10.2. The van der Waals surface area contributed by atoms with Gasteiger partial charge in [0.25, 0.3) is 5.91 Å². The van der Waals surface area contributed by atoms with Crippen LogP contribution in [0.3, 0.4) is 0 Å². The monoisotopic (exact) mass is 341 g/mol. The predicted molar refractivity (Wildman–Crippen MR) is 92.7 cm³/mol. The third-order valence-electron chi connectivity index (χ3n) is 4.07. The van der Waals surface area contributed by atoms with Gasteiger partial charge in [0.05, 0.1) is 5.39 Å². The van der Waals surface area contributed by atoms with Crippen molar-refractivity contribution in [2.24, 2.45) is 0 Å². The summed E-state index contributed by atoms with van der Waals surface area (Å²) in [7, 11) is 0. The van der Waals surface area contributed by atoms with Gasteiger partial charge >= 0.3 is 0 Å². The number of nitrogens with one attached hydrogen (secondary N) is 1. The summed E-state index contributed by atoms with van der Waals surface area (Å²) in [6, 6.07) is 8.18. The van der Waals surface area contributed by atoms with E-state index in [2.05, 4.69) is 15.2 Å². The smallest absolute Gasteiger partial charge is 0.287 e. The number of para-hydroxylation sites is 1. The molecule has 6 nitrogen and oxygen atoms in total. The summed E-state index contributed by atoms with van der Waals surface area (Å²) in [6.07, 6.45) is 2.61. The minimum absolute atomic E-state index is 0.0122. The molecule has 1 aliphatic rings. The molecule has 2 aromatic heterocycles. The Kier molecular flexibility index (Phi) is 3.78. The molecule has 0 saturated carbocycles. The molecule has 3 heterocycles. The molecule has 1 N–H and O–H groups in total. The molecule has 1 fully saturated rings. The molecule has 1 aromatic carbocycles. The number of thiazole rings is 1. The molecule has 1 unspecified atom stereocenters. The van der Waals surface area contributed by atoms with Gasteiger partial charge in [-0.3, -0.25) is 9.59 Å². The molecule has 0 bridgehead atoms. The molecule has 7 heteroatoms. The van der Waals surface area contributed by atoms with Gasteiger partial charge in [0.1, 0.15) is 5.58 Å². The molecule has 0 aliphatic carbocycles. The topological polar surface area (TPSA) is 75.4 Å². The van der Waals surface area contributed by atoms with Crippen LogP contribution in [-0.2, 0) is 0 Å². The molecule has 0 radical (unpaired) electrons. The summed E-state index contributed by atoms with van der Waals surface area (Å²) >= 11 is 1.58. The Bertz CT molecular complexity index is 936. The van der Waals surface area contributed by atoms with E-state index < -0.39 is 0 Å². The van der Waals surface area contributed by atoms with Gasteiger partial charge in [-0.2, -0.15) is 0 Å². The van der Waals surface area contributed by atoms with Gasteiger partial charge in [0.2, 0.25) is 0 Å². The van der Waals surface area contributed by atoms with Crippen LogP contribution in [0.5, 0.6) is 0 Å². The average Bonchev–Trinajstić information content (AvgIpc) is 3.26. The third kappa shape index (κ3) is 2.78. The number of benzene rings is 1. The lowest BCUT2D eigenvalue weighted by Crippen LogP contribution is -2.37. The zero-order valence-electron chi connectivity index (χ0n) is 12.8. The number of fused-ring (bicyclic) bond motifs is 1. The quantitative estimate of drug-likeness (QED) is 0.791. The molecular weight excluding hydrogens is 326 g/mol. The Morgan fingerprint density at radius 1 is 1.38 bits per heavy atom. The Balaban J connectivity index is 1.50. The van der Waals surface area contributed by atoms with Crippen LogP contribution in [0, 0.1) is 0 Å². The van der Waals surface area contributed by atoms with E-state index in [1.807, 2.05) is 5.38 Å². The van der Waals surface area contributed by atoms with Crippen molar-refractivity contribution in [2.45, 2.75) is 12.5 Å². The normalized spacial score (nSPS) is 17.3. The highest BCUT2D eigenvalue weighted by Gasteiger charge is 2.26. The fourth-order valence-electron chi connectivity index (χ4n) is 2.90. The minimum Gasteiger partial charge on any atom is -0.451 e. The van der Waals surface area contributed by atoms with E-state index in [0.717, 1.165) is 18.1 Å².